The van der Waals surface area contributed by atoms with Crippen LogP contribution in [0.25, 0.3) is 0 Å². The fourth-order valence-electron chi connectivity index (χ4n) is 21.3. The molecule has 3 saturated carbocycles. The zero-order valence-electron chi connectivity index (χ0n) is 66.3. The van der Waals surface area contributed by atoms with E-state index in [-0.39, 0.29) is 68.4 Å². The molecule has 0 unspecified atom stereocenters. The molecule has 6 fully saturated rings. The second kappa shape index (κ2) is 35.8. The Bertz CT molecular complexity index is 5740. The van der Waals surface area contributed by atoms with Gasteiger partial charge in [-0.1, -0.05) is 189 Å². The molecular weight excluding hydrogens is 1720 g/mol. The molecule has 0 radical (unpaired) electrons. The third kappa shape index (κ3) is 15.3. The molecular formula is C93H88Cl6F3N9O13. The molecule has 6 aliphatic heterocycles. The van der Waals surface area contributed by atoms with Crippen molar-refractivity contribution in [2.45, 2.75) is 172 Å². The molecule has 646 valence electrons. The van der Waals surface area contributed by atoms with Gasteiger partial charge in [0.1, 0.15) is 39.7 Å². The molecule has 22 nitrogen and oxygen atoms in total. The lowest BCUT2D eigenvalue weighted by Gasteiger charge is -2.47. The minimum atomic E-state index is -1.33. The second-order valence-corrected chi connectivity index (χ2v) is 34.9. The summed E-state index contributed by atoms with van der Waals surface area (Å²) in [5.41, 5.74) is 5.51. The number of fused-ring (bicyclic) bond motifs is 9. The van der Waals surface area contributed by atoms with Crippen LogP contribution in [0, 0.1) is 17.5 Å². The molecule has 9 aromatic carbocycles. The quantitative estimate of drug-likeness (QED) is 0.0423. The summed E-state index contributed by atoms with van der Waals surface area (Å²) in [5.74, 6) is -9.79. The summed E-state index contributed by atoms with van der Waals surface area (Å²) in [6.45, 7) is 0. The molecule has 124 heavy (non-hydrogen) atoms. The van der Waals surface area contributed by atoms with Crippen LogP contribution in [0.2, 0.25) is 30.1 Å². The summed E-state index contributed by atoms with van der Waals surface area (Å²) in [6, 6.07) is 44.9. The molecule has 6 heterocycles. The van der Waals surface area contributed by atoms with Gasteiger partial charge in [-0.2, -0.15) is 0 Å². The van der Waals surface area contributed by atoms with E-state index in [0.717, 1.165) is 57.8 Å². The Balaban J connectivity index is 0.000000143. The third-order valence-corrected chi connectivity index (χ3v) is 27.8. The summed E-state index contributed by atoms with van der Waals surface area (Å²) >= 11 is 37.4. The number of nitrogens with one attached hydrogen (secondary N) is 8. The van der Waals surface area contributed by atoms with Crippen molar-refractivity contribution in [3.05, 3.63) is 280 Å². The number of nitrogen functional groups attached to an aromatic ring is 1. The maximum Gasteiger partial charge on any atom is 0.337 e. The molecule has 0 bridgehead atoms. The topological polar surface area (TPSA) is 335 Å². The SMILES string of the molecule is C.COC(=O)c1ccc(N)cc1.COC(=O)c1ccc(NC(=O)[C@@H]2NC3(CCCCC3)[C@@]3(C(=O)Nc4cc(Cl)ccc43)[C@H]2c2cccc(Cl)c2F)cc1.O=C(O)[C@@H]1NC2(CCCCC2)[C@@]2(C(=O)Nc3cc(Cl)ccc32)[C@H]1c1cccc(Cl)c1F.O=C(O)c1ccc(NC(=O)[C@@H]2NC3(CCCCC3)[C@@]3(C(=O)Nc4cc(Cl)ccc43)[C@H]2c2cccc(Cl)c2F)cc1. The Morgan fingerprint density at radius 2 is 0.694 bits per heavy atom. The number of carboxylic acids is 2. The van der Waals surface area contributed by atoms with Gasteiger partial charge in [0.15, 0.2) is 0 Å². The fraction of sp³-hybridized carbons (Fsp3) is 0.323. The summed E-state index contributed by atoms with van der Waals surface area (Å²) in [5, 5.41) is 45.6. The van der Waals surface area contributed by atoms with E-state index in [9.17, 15) is 53.4 Å². The molecule has 5 amide bonds. The highest BCUT2D eigenvalue weighted by molar-refractivity contribution is 6.33. The lowest BCUT2D eigenvalue weighted by Crippen LogP contribution is -2.60. The Morgan fingerprint density at radius 3 is 0.992 bits per heavy atom. The van der Waals surface area contributed by atoms with E-state index in [1.54, 1.807) is 127 Å². The number of hydrogen-bond donors (Lipinski definition) is 11. The standard InChI is InChI=1S/C31H28Cl2FN3O4.C30H26Cl2FN3O4.C23H21Cl2FN2O3.C8H9NO2.CH4/c1-41-28(39)17-8-11-19(12-9-17)35-27(38)26-24(20-6-5-7-22(33)25(20)34)31(30(37-26)14-3-2-4-15-30)21-13-10-18(32)16-23(21)36-29(31)40;31-17-9-12-20-22(15-17)35-28(40)30(20)23(19-5-4-6-21(32)24(19)33)25(36-29(30)13-2-1-3-14-29)26(37)34-18-10-7-16(8-11-18)27(38)39;24-12-7-8-14-16(11-12)27-21(31)23(14)17(13-5-4-6-15(25)18(13)26)19(20(29)30)28-22(23)9-2-1-3-10-22;1-11-8(10)6-2-4-7(9)5-3-6;/h5-13,16,24,26,37H,2-4,14-15H2,1H3,(H,35,38)(H,36,40);4-12,15,23,25,36H,1-3,13-14H2,(H,34,37)(H,35,40)(H,38,39);4-8,11,17,19,28H,1-3,9-10H2,(H,27,31)(H,29,30);2-5H,9H2,1H3;1H4/t24-,26+,31+;23-,25+,30+;17-,19+,23+;;/m000../s1. The van der Waals surface area contributed by atoms with E-state index < -0.39 is 116 Å². The van der Waals surface area contributed by atoms with Crippen LogP contribution < -0.4 is 48.3 Å². The minimum absolute atomic E-state index is 0. The van der Waals surface area contributed by atoms with Crippen LogP contribution in [-0.4, -0.2) is 113 Å². The average molecular weight is 1810 g/mol. The van der Waals surface area contributed by atoms with Crippen LogP contribution in [-0.2, 0) is 54.5 Å². The number of benzene rings is 9. The Hall–Kier alpha value is -10.6. The first-order valence-electron chi connectivity index (χ1n) is 40.2. The highest BCUT2D eigenvalue weighted by atomic mass is 35.5. The number of amides is 5. The van der Waals surface area contributed by atoms with E-state index >= 15 is 13.2 Å². The van der Waals surface area contributed by atoms with Crippen molar-refractivity contribution in [1.29, 1.82) is 0 Å². The predicted molar refractivity (Wildman–Crippen MR) is 471 cm³/mol. The van der Waals surface area contributed by atoms with Crippen LogP contribution in [0.3, 0.4) is 0 Å². The zero-order valence-corrected chi connectivity index (χ0v) is 70.8. The van der Waals surface area contributed by atoms with Gasteiger partial charge in [0, 0.05) is 83.6 Å². The van der Waals surface area contributed by atoms with Crippen molar-refractivity contribution < 1.29 is 76.0 Å². The van der Waals surface area contributed by atoms with Crippen LogP contribution in [0.5, 0.6) is 0 Å². The molecule has 9 aliphatic rings. The predicted octanol–water partition coefficient (Wildman–Crippen LogP) is 18.9. The average Bonchev–Trinajstić information content (AvgIpc) is 1.52. The van der Waals surface area contributed by atoms with Crippen LogP contribution in [0.1, 0.15) is 186 Å². The van der Waals surface area contributed by atoms with E-state index in [4.69, 9.17) is 80.1 Å². The fourth-order valence-corrected chi connectivity index (χ4v) is 22.4. The summed E-state index contributed by atoms with van der Waals surface area (Å²) in [6.07, 6.45) is 11.7. The highest BCUT2D eigenvalue weighted by Gasteiger charge is 2.76. The first-order chi connectivity index (χ1) is 58.9. The maximum absolute atomic E-state index is 15.9. The largest absolute Gasteiger partial charge is 0.480 e. The highest BCUT2D eigenvalue weighted by Crippen LogP contribution is 2.67. The number of methoxy groups -OCH3 is 2. The summed E-state index contributed by atoms with van der Waals surface area (Å²) in [7, 11) is 2.64. The molecule has 9 atom stereocenters. The first-order valence-corrected chi connectivity index (χ1v) is 42.5. The number of hydrogen-bond acceptors (Lipinski definition) is 15. The molecule has 6 spiro atoms. The van der Waals surface area contributed by atoms with Crippen molar-refractivity contribution in [3.8, 4) is 0 Å². The number of ether oxygens (including phenoxy) is 2. The third-order valence-electron chi connectivity index (χ3n) is 26.2. The lowest BCUT2D eigenvalue weighted by molar-refractivity contribution is -0.140. The number of aliphatic carboxylic acids is 1. The van der Waals surface area contributed by atoms with Crippen LogP contribution in [0.4, 0.5) is 47.3 Å². The van der Waals surface area contributed by atoms with Crippen molar-refractivity contribution in [1.82, 2.24) is 16.0 Å². The van der Waals surface area contributed by atoms with E-state index in [1.165, 1.54) is 62.8 Å². The van der Waals surface area contributed by atoms with E-state index in [1.807, 2.05) is 6.07 Å². The van der Waals surface area contributed by atoms with Gasteiger partial charge in [-0.15, -0.1) is 0 Å². The van der Waals surface area contributed by atoms with Gasteiger partial charge < -0.3 is 52.0 Å². The number of esters is 2. The van der Waals surface area contributed by atoms with Gasteiger partial charge in [-0.25, -0.2) is 27.6 Å². The van der Waals surface area contributed by atoms with Gasteiger partial charge in [-0.3, -0.25) is 44.7 Å². The molecule has 31 heteroatoms. The van der Waals surface area contributed by atoms with Crippen molar-refractivity contribution in [2.24, 2.45) is 0 Å². The number of rotatable bonds is 11. The van der Waals surface area contributed by atoms with Crippen molar-refractivity contribution in [3.63, 3.8) is 0 Å². The zero-order chi connectivity index (χ0) is 87.4. The van der Waals surface area contributed by atoms with Gasteiger partial charge in [0.25, 0.3) is 0 Å². The monoisotopic (exact) mass is 1810 g/mol. The summed E-state index contributed by atoms with van der Waals surface area (Å²) in [4.78, 5) is 117. The first kappa shape index (κ1) is 89.7. The molecule has 3 saturated heterocycles. The number of aromatic carboxylic acids is 1. The van der Waals surface area contributed by atoms with Crippen molar-refractivity contribution in [2.75, 3.05) is 46.5 Å². The lowest BCUT2D eigenvalue weighted by atomic mass is 9.55. The number of carbonyl (C=O) groups excluding carboxylic acids is 7. The molecule has 12 N–H and O–H groups in total. The van der Waals surface area contributed by atoms with Crippen LogP contribution in [0.15, 0.2) is 182 Å². The number of carboxylic acid groups (broad SMARTS) is 2. The van der Waals surface area contributed by atoms with Gasteiger partial charge in [0.2, 0.25) is 29.5 Å². The normalized spacial score (nSPS) is 23.9. The molecule has 0 aromatic heterocycles. The number of nitrogens with two attached hydrogens (primary N) is 1. The van der Waals surface area contributed by atoms with Crippen LogP contribution >= 0.6 is 69.6 Å². The maximum atomic E-state index is 15.9. The van der Waals surface area contributed by atoms with Gasteiger partial charge in [-0.05, 0) is 199 Å². The molecule has 9 aromatic rings. The minimum Gasteiger partial charge on any atom is -0.480 e. The number of carbonyl (C=O) groups is 9. The van der Waals surface area contributed by atoms with E-state index in [0.29, 0.717) is 116 Å². The second-order valence-electron chi connectivity index (χ2n) is 32.4. The van der Waals surface area contributed by atoms with E-state index in [2.05, 4.69) is 47.3 Å². The molecule has 18 rings (SSSR count). The molecule has 3 aliphatic carbocycles. The van der Waals surface area contributed by atoms with Gasteiger partial charge >= 0.3 is 23.9 Å². The summed E-state index contributed by atoms with van der Waals surface area (Å²) < 4.78 is 56.4. The Morgan fingerprint density at radius 1 is 0.403 bits per heavy atom. The number of halogens is 9. The Kier molecular flexibility index (Phi) is 25.9. The van der Waals surface area contributed by atoms with Gasteiger partial charge in [0.05, 0.1) is 58.1 Å². The number of anilines is 6. The smallest absolute Gasteiger partial charge is 0.337 e. The van der Waals surface area contributed by atoms with Crippen molar-refractivity contribution >= 4 is 157 Å². The Labute approximate surface area is 742 Å².